The largest absolute Gasteiger partial charge is 0.335 e. The van der Waals surface area contributed by atoms with E-state index in [2.05, 4.69) is 30.1 Å². The van der Waals surface area contributed by atoms with Gasteiger partial charge in [-0.05, 0) is 29.8 Å². The maximum atomic E-state index is 14.2. The molecule has 0 radical (unpaired) electrons. The molecule has 128 valence electrons. The Labute approximate surface area is 151 Å². The maximum Gasteiger partial charge on any atom is 0.241 e. The Bertz CT molecular complexity index is 888. The number of amides is 1. The molecule has 2 aliphatic heterocycles. The Balaban J connectivity index is 1.87. The van der Waals surface area contributed by atoms with Crippen molar-refractivity contribution in [3.8, 4) is 0 Å². The van der Waals surface area contributed by atoms with Crippen molar-refractivity contribution < 1.29 is 9.18 Å². The third kappa shape index (κ3) is 2.13. The van der Waals surface area contributed by atoms with E-state index in [1.807, 2.05) is 24.3 Å². The van der Waals surface area contributed by atoms with Crippen LogP contribution >= 0.6 is 11.6 Å². The molecule has 5 heteroatoms. The lowest BCUT2D eigenvalue weighted by Gasteiger charge is -2.40. The molecule has 1 unspecified atom stereocenters. The van der Waals surface area contributed by atoms with E-state index in [0.29, 0.717) is 10.6 Å². The van der Waals surface area contributed by atoms with Crippen LogP contribution in [0.2, 0.25) is 5.02 Å². The summed E-state index contributed by atoms with van der Waals surface area (Å²) in [4.78, 5) is 14.3. The molecule has 0 bridgehead atoms. The molecule has 1 N–H and O–H groups in total. The highest BCUT2D eigenvalue weighted by Crippen LogP contribution is 2.52. The highest BCUT2D eigenvalue weighted by Gasteiger charge is 2.59. The number of fused-ring (bicyclic) bond motifs is 3. The van der Waals surface area contributed by atoms with Crippen LogP contribution in [0.25, 0.3) is 6.08 Å². The van der Waals surface area contributed by atoms with E-state index >= 15 is 0 Å². The van der Waals surface area contributed by atoms with Crippen molar-refractivity contribution in [2.24, 2.45) is 0 Å². The number of rotatable bonds is 2. The Morgan fingerprint density at radius 2 is 1.96 bits per heavy atom. The SMILES string of the molecule is CC1(C)c2ccccc2N2CC(=O)NC21C=Cc1c(F)cccc1Cl. The van der Waals surface area contributed by atoms with E-state index in [-0.39, 0.29) is 23.7 Å². The molecule has 0 aromatic heterocycles. The summed E-state index contributed by atoms with van der Waals surface area (Å²) in [6, 6.07) is 12.7. The molecule has 0 aliphatic carbocycles. The van der Waals surface area contributed by atoms with Crippen LogP contribution in [0.15, 0.2) is 48.5 Å². The molecule has 2 aliphatic rings. The van der Waals surface area contributed by atoms with Crippen molar-refractivity contribution in [3.05, 3.63) is 70.5 Å². The van der Waals surface area contributed by atoms with E-state index in [0.717, 1.165) is 11.3 Å². The minimum Gasteiger partial charge on any atom is -0.335 e. The normalized spacial score (nSPS) is 23.7. The summed E-state index contributed by atoms with van der Waals surface area (Å²) in [5.41, 5.74) is 1.37. The van der Waals surface area contributed by atoms with Crippen LogP contribution < -0.4 is 10.2 Å². The summed E-state index contributed by atoms with van der Waals surface area (Å²) < 4.78 is 14.2. The number of hydrogen-bond acceptors (Lipinski definition) is 2. The molecule has 25 heavy (non-hydrogen) atoms. The number of nitrogens with zero attached hydrogens (tertiary/aromatic N) is 1. The average molecular weight is 357 g/mol. The fourth-order valence-electron chi connectivity index (χ4n) is 4.01. The van der Waals surface area contributed by atoms with Gasteiger partial charge >= 0.3 is 0 Å². The monoisotopic (exact) mass is 356 g/mol. The van der Waals surface area contributed by atoms with Crippen molar-refractivity contribution in [3.63, 3.8) is 0 Å². The van der Waals surface area contributed by atoms with Gasteiger partial charge in [-0.2, -0.15) is 0 Å². The van der Waals surface area contributed by atoms with Gasteiger partial charge in [0.25, 0.3) is 0 Å². The first-order valence-electron chi connectivity index (χ1n) is 8.18. The number of halogens is 2. The van der Waals surface area contributed by atoms with Crippen LogP contribution in [0.3, 0.4) is 0 Å². The Hall–Kier alpha value is -2.33. The lowest BCUT2D eigenvalue weighted by molar-refractivity contribution is -0.118. The molecule has 2 aromatic carbocycles. The molecule has 0 spiro atoms. The summed E-state index contributed by atoms with van der Waals surface area (Å²) in [6.45, 7) is 4.45. The number of benzene rings is 2. The van der Waals surface area contributed by atoms with E-state index in [1.54, 1.807) is 18.2 Å². The summed E-state index contributed by atoms with van der Waals surface area (Å²) in [5, 5.41) is 3.45. The fourth-order valence-corrected chi connectivity index (χ4v) is 4.24. The van der Waals surface area contributed by atoms with Crippen LogP contribution in [-0.2, 0) is 10.2 Å². The van der Waals surface area contributed by atoms with Gasteiger partial charge in [0.15, 0.2) is 0 Å². The number of nitrogens with one attached hydrogen (secondary N) is 1. The minimum atomic E-state index is -0.751. The lowest BCUT2D eigenvalue weighted by Crippen LogP contribution is -2.58. The van der Waals surface area contributed by atoms with Gasteiger partial charge in [0.05, 0.1) is 11.6 Å². The van der Waals surface area contributed by atoms with Gasteiger partial charge in [-0.1, -0.05) is 55.8 Å². The molecule has 2 aromatic rings. The van der Waals surface area contributed by atoms with E-state index in [1.165, 1.54) is 6.07 Å². The quantitative estimate of drug-likeness (QED) is 0.878. The standard InChI is InChI=1S/C20H18ClFN2O/c1-19(2)14-6-3-4-9-17(14)24-12-18(25)23-20(19,24)11-10-13-15(21)7-5-8-16(13)22/h3-11H,12H2,1-2H3,(H,23,25). The predicted octanol–water partition coefficient (Wildman–Crippen LogP) is 4.12. The second-order valence-electron chi connectivity index (χ2n) is 7.01. The van der Waals surface area contributed by atoms with Crippen LogP contribution in [0.1, 0.15) is 25.0 Å². The average Bonchev–Trinajstić information content (AvgIpc) is 2.99. The van der Waals surface area contributed by atoms with Gasteiger partial charge in [0, 0.05) is 16.7 Å². The molecule has 1 atom stereocenters. The number of anilines is 1. The molecule has 1 saturated heterocycles. The van der Waals surface area contributed by atoms with Crippen LogP contribution in [0.4, 0.5) is 10.1 Å². The zero-order valence-corrected chi connectivity index (χ0v) is 14.8. The zero-order valence-electron chi connectivity index (χ0n) is 14.0. The molecule has 0 saturated carbocycles. The second kappa shape index (κ2) is 5.33. The molecule has 3 nitrogen and oxygen atoms in total. The second-order valence-corrected chi connectivity index (χ2v) is 7.42. The van der Waals surface area contributed by atoms with Crippen molar-refractivity contribution in [2.75, 3.05) is 11.4 Å². The molecule has 4 rings (SSSR count). The number of carbonyl (C=O) groups excluding carboxylic acids is 1. The summed E-state index contributed by atoms with van der Waals surface area (Å²) in [5.74, 6) is -0.434. The van der Waals surface area contributed by atoms with Gasteiger partial charge < -0.3 is 10.2 Å². The van der Waals surface area contributed by atoms with Gasteiger partial charge in [-0.15, -0.1) is 0 Å². The number of carbonyl (C=O) groups is 1. The Kier molecular flexibility index (Phi) is 3.45. The van der Waals surface area contributed by atoms with Crippen molar-refractivity contribution in [2.45, 2.75) is 24.9 Å². The summed E-state index contributed by atoms with van der Waals surface area (Å²) >= 11 is 6.15. The van der Waals surface area contributed by atoms with Crippen LogP contribution in [0.5, 0.6) is 0 Å². The smallest absolute Gasteiger partial charge is 0.241 e. The summed E-state index contributed by atoms with van der Waals surface area (Å²) in [7, 11) is 0. The molecular formula is C20H18ClFN2O. The third-order valence-electron chi connectivity index (χ3n) is 5.37. The number of para-hydroxylation sites is 1. The van der Waals surface area contributed by atoms with Crippen molar-refractivity contribution in [1.29, 1.82) is 0 Å². The lowest BCUT2D eigenvalue weighted by atomic mass is 9.75. The highest BCUT2D eigenvalue weighted by molar-refractivity contribution is 6.32. The van der Waals surface area contributed by atoms with Gasteiger partial charge in [0.2, 0.25) is 5.91 Å². The Morgan fingerprint density at radius 3 is 2.72 bits per heavy atom. The van der Waals surface area contributed by atoms with E-state index in [9.17, 15) is 9.18 Å². The predicted molar refractivity (Wildman–Crippen MR) is 98.1 cm³/mol. The third-order valence-corrected chi connectivity index (χ3v) is 5.70. The van der Waals surface area contributed by atoms with Crippen molar-refractivity contribution >= 4 is 29.3 Å². The van der Waals surface area contributed by atoms with E-state index < -0.39 is 5.66 Å². The van der Waals surface area contributed by atoms with Gasteiger partial charge in [0.1, 0.15) is 11.5 Å². The molecule has 1 amide bonds. The topological polar surface area (TPSA) is 32.3 Å². The van der Waals surface area contributed by atoms with Gasteiger partial charge in [-0.3, -0.25) is 4.79 Å². The fraction of sp³-hybridized carbons (Fsp3) is 0.250. The molecule has 2 heterocycles. The summed E-state index contributed by atoms with van der Waals surface area (Å²) in [6.07, 6.45) is 3.53. The highest BCUT2D eigenvalue weighted by atomic mass is 35.5. The maximum absolute atomic E-state index is 14.2. The van der Waals surface area contributed by atoms with Crippen LogP contribution in [-0.4, -0.2) is 18.1 Å². The number of hydrogen-bond donors (Lipinski definition) is 1. The first-order chi connectivity index (χ1) is 11.9. The Morgan fingerprint density at radius 1 is 1.20 bits per heavy atom. The molecular weight excluding hydrogens is 339 g/mol. The first-order valence-corrected chi connectivity index (χ1v) is 8.56. The van der Waals surface area contributed by atoms with E-state index in [4.69, 9.17) is 11.6 Å². The molecule has 1 fully saturated rings. The first kappa shape index (κ1) is 16.2. The van der Waals surface area contributed by atoms with Crippen LogP contribution in [0, 0.1) is 5.82 Å². The van der Waals surface area contributed by atoms with Gasteiger partial charge in [-0.25, -0.2) is 4.39 Å². The van der Waals surface area contributed by atoms with Crippen molar-refractivity contribution in [1.82, 2.24) is 5.32 Å². The minimum absolute atomic E-state index is 0.0492. The zero-order chi connectivity index (χ0) is 17.8.